The van der Waals surface area contributed by atoms with E-state index < -0.39 is 5.60 Å². The number of aliphatic hydroxyl groups is 1. The fraction of sp³-hybridized carbons (Fsp3) is 0.294. The summed E-state index contributed by atoms with van der Waals surface area (Å²) in [5, 5.41) is 11.5. The van der Waals surface area contributed by atoms with E-state index in [-0.39, 0.29) is 0 Å². The lowest BCUT2D eigenvalue weighted by Crippen LogP contribution is -2.30. The van der Waals surface area contributed by atoms with Crippen LogP contribution in [0, 0.1) is 0 Å². The van der Waals surface area contributed by atoms with Crippen LogP contribution in [0.2, 0.25) is 5.02 Å². The second-order valence-electron chi connectivity index (χ2n) is 5.48. The van der Waals surface area contributed by atoms with E-state index in [4.69, 9.17) is 11.6 Å². The lowest BCUT2D eigenvalue weighted by Gasteiger charge is -2.24. The van der Waals surface area contributed by atoms with Crippen LogP contribution < -0.4 is 0 Å². The van der Waals surface area contributed by atoms with Gasteiger partial charge in [0.05, 0.1) is 0 Å². The Morgan fingerprint density at radius 3 is 2.45 bits per heavy atom. The molecule has 0 aromatic heterocycles. The van der Waals surface area contributed by atoms with Crippen molar-refractivity contribution in [3.63, 3.8) is 0 Å². The van der Waals surface area contributed by atoms with Crippen molar-refractivity contribution in [2.75, 3.05) is 13.1 Å². The lowest BCUT2D eigenvalue weighted by molar-refractivity contribution is 0.0453. The minimum atomic E-state index is -0.751. The Labute approximate surface area is 124 Å². The van der Waals surface area contributed by atoms with E-state index in [0.29, 0.717) is 11.6 Å². The summed E-state index contributed by atoms with van der Waals surface area (Å²) in [7, 11) is 0. The number of β-amino-alcohol motifs (C(OH)–C–C–N with tert-alkyl or cyclic N) is 1. The first kappa shape index (κ1) is 13.6. The summed E-state index contributed by atoms with van der Waals surface area (Å²) < 4.78 is 0. The smallest absolute Gasteiger partial charge is 0.103 e. The fourth-order valence-electron chi connectivity index (χ4n) is 2.84. The zero-order valence-corrected chi connectivity index (χ0v) is 12.1. The summed E-state index contributed by atoms with van der Waals surface area (Å²) in [5.74, 6) is 0. The number of halogens is 1. The Hall–Kier alpha value is -1.35. The predicted molar refractivity (Wildman–Crippen MR) is 81.7 cm³/mol. The molecule has 104 valence electrons. The normalized spacial score (nSPS) is 23.1. The van der Waals surface area contributed by atoms with Crippen molar-refractivity contribution in [1.29, 1.82) is 0 Å². The van der Waals surface area contributed by atoms with E-state index in [9.17, 15) is 5.11 Å². The molecule has 20 heavy (non-hydrogen) atoms. The molecule has 1 saturated heterocycles. The van der Waals surface area contributed by atoms with Crippen LogP contribution in [0.15, 0.2) is 54.6 Å². The molecule has 1 aliphatic heterocycles. The molecule has 2 aromatic carbocycles. The molecule has 1 heterocycles. The molecule has 0 aliphatic carbocycles. The van der Waals surface area contributed by atoms with Crippen molar-refractivity contribution in [2.24, 2.45) is 0 Å². The molecule has 1 aliphatic rings. The molecule has 1 unspecified atom stereocenters. The van der Waals surface area contributed by atoms with E-state index >= 15 is 0 Å². The van der Waals surface area contributed by atoms with Gasteiger partial charge >= 0.3 is 0 Å². The van der Waals surface area contributed by atoms with Crippen molar-refractivity contribution >= 4 is 11.6 Å². The molecule has 0 radical (unpaired) electrons. The van der Waals surface area contributed by atoms with E-state index in [1.54, 1.807) is 0 Å². The SMILES string of the molecule is OC1(c2ccc(Cl)cc2)CCN(Cc2ccccc2)C1. The molecular formula is C17H18ClNO. The van der Waals surface area contributed by atoms with Gasteiger partial charge in [0.15, 0.2) is 0 Å². The van der Waals surface area contributed by atoms with Crippen LogP contribution in [0.1, 0.15) is 17.5 Å². The van der Waals surface area contributed by atoms with Crippen molar-refractivity contribution in [3.05, 3.63) is 70.7 Å². The van der Waals surface area contributed by atoms with Crippen LogP contribution in [-0.2, 0) is 12.1 Å². The van der Waals surface area contributed by atoms with Gasteiger partial charge in [0, 0.05) is 24.7 Å². The Bertz CT molecular complexity index is 569. The summed E-state index contributed by atoms with van der Waals surface area (Å²) in [4.78, 5) is 2.30. The van der Waals surface area contributed by atoms with E-state index in [1.165, 1.54) is 5.56 Å². The second kappa shape index (κ2) is 5.57. The zero-order valence-electron chi connectivity index (χ0n) is 11.3. The molecule has 0 spiro atoms. The first-order valence-electron chi connectivity index (χ1n) is 6.90. The Kier molecular flexibility index (Phi) is 3.79. The van der Waals surface area contributed by atoms with E-state index in [2.05, 4.69) is 29.2 Å². The molecular weight excluding hydrogens is 270 g/mol. The Morgan fingerprint density at radius 1 is 1.05 bits per heavy atom. The minimum absolute atomic E-state index is 0.670. The zero-order chi connectivity index (χ0) is 14.0. The highest BCUT2D eigenvalue weighted by Gasteiger charge is 2.37. The van der Waals surface area contributed by atoms with Gasteiger partial charge in [-0.1, -0.05) is 54.1 Å². The van der Waals surface area contributed by atoms with Gasteiger partial charge in [-0.2, -0.15) is 0 Å². The molecule has 3 rings (SSSR count). The van der Waals surface area contributed by atoms with Gasteiger partial charge in [0.2, 0.25) is 0 Å². The first-order chi connectivity index (χ1) is 9.66. The average molecular weight is 288 g/mol. The predicted octanol–water partition coefficient (Wildman–Crippen LogP) is 3.43. The van der Waals surface area contributed by atoms with Crippen LogP contribution in [-0.4, -0.2) is 23.1 Å². The van der Waals surface area contributed by atoms with E-state index in [1.807, 2.05) is 30.3 Å². The molecule has 2 nitrogen and oxygen atoms in total. The highest BCUT2D eigenvalue weighted by Crippen LogP contribution is 2.33. The maximum Gasteiger partial charge on any atom is 0.103 e. The number of hydrogen-bond donors (Lipinski definition) is 1. The summed E-state index contributed by atoms with van der Waals surface area (Å²) in [6.45, 7) is 2.47. The van der Waals surface area contributed by atoms with Crippen molar-refractivity contribution in [2.45, 2.75) is 18.6 Å². The molecule has 1 N–H and O–H groups in total. The number of nitrogens with zero attached hydrogens (tertiary/aromatic N) is 1. The topological polar surface area (TPSA) is 23.5 Å². The van der Waals surface area contributed by atoms with Crippen molar-refractivity contribution in [3.8, 4) is 0 Å². The molecule has 0 saturated carbocycles. The van der Waals surface area contributed by atoms with Gasteiger partial charge in [0.25, 0.3) is 0 Å². The third-order valence-electron chi connectivity index (χ3n) is 3.96. The van der Waals surface area contributed by atoms with Gasteiger partial charge in [-0.05, 0) is 29.7 Å². The Balaban J connectivity index is 1.71. The van der Waals surface area contributed by atoms with Gasteiger partial charge in [-0.25, -0.2) is 0 Å². The summed E-state index contributed by atoms with van der Waals surface area (Å²) >= 11 is 5.91. The van der Waals surface area contributed by atoms with E-state index in [0.717, 1.165) is 25.1 Å². The minimum Gasteiger partial charge on any atom is -0.384 e. The van der Waals surface area contributed by atoms with Crippen LogP contribution in [0.4, 0.5) is 0 Å². The Morgan fingerprint density at radius 2 is 1.75 bits per heavy atom. The monoisotopic (exact) mass is 287 g/mol. The number of likely N-dealkylation sites (tertiary alicyclic amines) is 1. The molecule has 1 atom stereocenters. The van der Waals surface area contributed by atoms with Gasteiger partial charge < -0.3 is 5.11 Å². The highest BCUT2D eigenvalue weighted by atomic mass is 35.5. The average Bonchev–Trinajstić information content (AvgIpc) is 2.83. The van der Waals surface area contributed by atoms with Crippen molar-refractivity contribution in [1.82, 2.24) is 4.90 Å². The second-order valence-corrected chi connectivity index (χ2v) is 5.92. The maximum atomic E-state index is 10.8. The largest absolute Gasteiger partial charge is 0.384 e. The highest BCUT2D eigenvalue weighted by molar-refractivity contribution is 6.30. The fourth-order valence-corrected chi connectivity index (χ4v) is 2.97. The van der Waals surface area contributed by atoms with Crippen molar-refractivity contribution < 1.29 is 5.11 Å². The maximum absolute atomic E-state index is 10.8. The van der Waals surface area contributed by atoms with Gasteiger partial charge in [-0.15, -0.1) is 0 Å². The lowest BCUT2D eigenvalue weighted by atomic mass is 9.93. The molecule has 0 bridgehead atoms. The molecule has 2 aromatic rings. The number of hydrogen-bond acceptors (Lipinski definition) is 2. The van der Waals surface area contributed by atoms with Gasteiger partial charge in [0.1, 0.15) is 5.60 Å². The quantitative estimate of drug-likeness (QED) is 0.935. The first-order valence-corrected chi connectivity index (χ1v) is 7.28. The number of rotatable bonds is 3. The molecule has 3 heteroatoms. The molecule has 0 amide bonds. The third kappa shape index (κ3) is 2.88. The van der Waals surface area contributed by atoms with Crippen LogP contribution in [0.25, 0.3) is 0 Å². The van der Waals surface area contributed by atoms with Gasteiger partial charge in [-0.3, -0.25) is 4.90 Å². The summed E-state index contributed by atoms with van der Waals surface area (Å²) in [6, 6.07) is 17.9. The van der Waals surface area contributed by atoms with Crippen LogP contribution in [0.3, 0.4) is 0 Å². The standard InChI is InChI=1S/C17H18ClNO/c18-16-8-6-15(7-9-16)17(20)10-11-19(13-17)12-14-4-2-1-3-5-14/h1-9,20H,10-13H2. The molecule has 1 fully saturated rings. The van der Waals surface area contributed by atoms with Crippen LogP contribution in [0.5, 0.6) is 0 Å². The number of benzene rings is 2. The summed E-state index contributed by atoms with van der Waals surface area (Å²) in [5.41, 5.74) is 1.49. The third-order valence-corrected chi connectivity index (χ3v) is 4.21. The summed E-state index contributed by atoms with van der Waals surface area (Å²) in [6.07, 6.45) is 0.765. The van der Waals surface area contributed by atoms with Crippen LogP contribution >= 0.6 is 11.6 Å².